The fraction of sp³-hybridized carbons (Fsp3) is 0.278. The smallest absolute Gasteiger partial charge is 0.123 e. The van der Waals surface area contributed by atoms with Gasteiger partial charge in [0.05, 0.1) is 17.6 Å². The Balaban J connectivity index is 1.98. The topological polar surface area (TPSA) is 43.8 Å². The van der Waals surface area contributed by atoms with Gasteiger partial charge in [-0.15, -0.1) is 0 Å². The van der Waals surface area contributed by atoms with Gasteiger partial charge in [-0.05, 0) is 49.1 Å². The third-order valence-corrected chi connectivity index (χ3v) is 4.09. The molecule has 108 valence electrons. The predicted molar refractivity (Wildman–Crippen MR) is 87.2 cm³/mol. The quantitative estimate of drug-likeness (QED) is 0.796. The summed E-state index contributed by atoms with van der Waals surface area (Å²) in [5, 5.41) is 0. The van der Waals surface area contributed by atoms with Gasteiger partial charge in [0, 0.05) is 6.54 Å². The molecule has 0 fully saturated rings. The minimum Gasteiger partial charge on any atom is -0.327 e. The Morgan fingerprint density at radius 2 is 1.76 bits per heavy atom. The molecule has 0 radical (unpaired) electrons. The van der Waals surface area contributed by atoms with E-state index >= 15 is 0 Å². The molecule has 3 rings (SSSR count). The van der Waals surface area contributed by atoms with E-state index in [4.69, 9.17) is 5.73 Å². The number of aryl methyl sites for hydroxylation is 4. The van der Waals surface area contributed by atoms with Crippen molar-refractivity contribution in [1.29, 1.82) is 0 Å². The summed E-state index contributed by atoms with van der Waals surface area (Å²) in [6, 6.07) is 14.9. The summed E-state index contributed by atoms with van der Waals surface area (Å²) in [7, 11) is 0. The Kier molecular flexibility index (Phi) is 3.76. The summed E-state index contributed by atoms with van der Waals surface area (Å²) in [5.74, 6) is 0.964. The normalized spacial score (nSPS) is 11.2. The molecular formula is C18H21N3. The molecule has 0 atom stereocenters. The number of benzene rings is 2. The third kappa shape index (κ3) is 2.69. The molecule has 21 heavy (non-hydrogen) atoms. The van der Waals surface area contributed by atoms with Crippen LogP contribution in [0, 0.1) is 13.8 Å². The molecule has 0 amide bonds. The fourth-order valence-corrected chi connectivity index (χ4v) is 2.72. The van der Waals surface area contributed by atoms with E-state index in [2.05, 4.69) is 59.8 Å². The van der Waals surface area contributed by atoms with Crippen molar-refractivity contribution in [2.24, 2.45) is 5.73 Å². The number of nitrogens with zero attached hydrogens (tertiary/aromatic N) is 2. The molecule has 0 aliphatic heterocycles. The molecule has 1 aromatic heterocycles. The first-order chi connectivity index (χ1) is 10.2. The zero-order valence-corrected chi connectivity index (χ0v) is 12.6. The lowest BCUT2D eigenvalue weighted by Gasteiger charge is -2.09. The van der Waals surface area contributed by atoms with Crippen LogP contribution in [0.15, 0.2) is 42.5 Å². The molecule has 2 N–H and O–H groups in total. The Hall–Kier alpha value is -2.13. The van der Waals surface area contributed by atoms with Crippen molar-refractivity contribution in [1.82, 2.24) is 9.55 Å². The van der Waals surface area contributed by atoms with Gasteiger partial charge in [0.15, 0.2) is 0 Å². The van der Waals surface area contributed by atoms with Gasteiger partial charge < -0.3 is 10.3 Å². The van der Waals surface area contributed by atoms with Crippen LogP contribution >= 0.6 is 0 Å². The lowest BCUT2D eigenvalue weighted by Crippen LogP contribution is -2.10. The minimum absolute atomic E-state index is 0.474. The van der Waals surface area contributed by atoms with Crippen molar-refractivity contribution in [3.63, 3.8) is 0 Å². The van der Waals surface area contributed by atoms with Crippen LogP contribution in [0.1, 0.15) is 22.5 Å². The standard InChI is InChI=1S/C18H21N3/c1-13-10-16-17(11-14(13)2)21(18(12-19)20-16)9-8-15-6-4-3-5-7-15/h3-7,10-11H,8-9,12,19H2,1-2H3. The zero-order chi connectivity index (χ0) is 14.8. The van der Waals surface area contributed by atoms with E-state index < -0.39 is 0 Å². The molecule has 0 spiro atoms. The molecule has 2 aromatic carbocycles. The van der Waals surface area contributed by atoms with Crippen LogP contribution in [0.25, 0.3) is 11.0 Å². The molecule has 0 aliphatic carbocycles. The molecular weight excluding hydrogens is 258 g/mol. The SMILES string of the molecule is Cc1cc2nc(CN)n(CCc3ccccc3)c2cc1C. The largest absolute Gasteiger partial charge is 0.327 e. The summed E-state index contributed by atoms with van der Waals surface area (Å²) >= 11 is 0. The van der Waals surface area contributed by atoms with E-state index in [1.54, 1.807) is 0 Å². The van der Waals surface area contributed by atoms with Crippen molar-refractivity contribution >= 4 is 11.0 Å². The van der Waals surface area contributed by atoms with E-state index in [1.807, 2.05) is 6.07 Å². The van der Waals surface area contributed by atoms with Crippen molar-refractivity contribution in [2.45, 2.75) is 33.4 Å². The van der Waals surface area contributed by atoms with Gasteiger partial charge in [-0.25, -0.2) is 4.98 Å². The Bertz CT molecular complexity index is 757. The highest BCUT2D eigenvalue weighted by molar-refractivity contribution is 5.78. The molecule has 3 nitrogen and oxygen atoms in total. The Morgan fingerprint density at radius 3 is 2.48 bits per heavy atom. The predicted octanol–water partition coefficient (Wildman–Crippen LogP) is 3.35. The van der Waals surface area contributed by atoms with Gasteiger partial charge in [0.2, 0.25) is 0 Å². The van der Waals surface area contributed by atoms with E-state index in [0.29, 0.717) is 6.54 Å². The van der Waals surface area contributed by atoms with Gasteiger partial charge in [-0.3, -0.25) is 0 Å². The Labute approximate surface area is 125 Å². The van der Waals surface area contributed by atoms with Crippen LogP contribution in [0.5, 0.6) is 0 Å². The molecule has 3 heteroatoms. The summed E-state index contributed by atoms with van der Waals surface area (Å²) in [5.41, 5.74) is 12.0. The summed E-state index contributed by atoms with van der Waals surface area (Å²) in [6.45, 7) is 5.66. The number of aromatic nitrogens is 2. The lowest BCUT2D eigenvalue weighted by atomic mass is 10.1. The second kappa shape index (κ2) is 5.70. The monoisotopic (exact) mass is 279 g/mol. The number of imidazole rings is 1. The zero-order valence-electron chi connectivity index (χ0n) is 12.6. The lowest BCUT2D eigenvalue weighted by molar-refractivity contribution is 0.669. The van der Waals surface area contributed by atoms with Crippen molar-refractivity contribution in [2.75, 3.05) is 0 Å². The molecule has 0 aliphatic rings. The third-order valence-electron chi connectivity index (χ3n) is 4.09. The highest BCUT2D eigenvalue weighted by atomic mass is 15.1. The number of rotatable bonds is 4. The second-order valence-corrected chi connectivity index (χ2v) is 5.54. The van der Waals surface area contributed by atoms with E-state index in [9.17, 15) is 0 Å². The van der Waals surface area contributed by atoms with Crippen molar-refractivity contribution in [3.8, 4) is 0 Å². The van der Waals surface area contributed by atoms with Gasteiger partial charge in [-0.1, -0.05) is 30.3 Å². The first-order valence-corrected chi connectivity index (χ1v) is 7.39. The number of hydrogen-bond donors (Lipinski definition) is 1. The summed E-state index contributed by atoms with van der Waals surface area (Å²) in [4.78, 5) is 4.68. The van der Waals surface area contributed by atoms with Crippen molar-refractivity contribution in [3.05, 3.63) is 65.0 Å². The molecule has 0 saturated carbocycles. The van der Waals surface area contributed by atoms with Crippen LogP contribution in [0.2, 0.25) is 0 Å². The van der Waals surface area contributed by atoms with Crippen LogP contribution in [-0.4, -0.2) is 9.55 Å². The number of hydrogen-bond acceptors (Lipinski definition) is 2. The molecule has 0 bridgehead atoms. The van der Waals surface area contributed by atoms with Crippen molar-refractivity contribution < 1.29 is 0 Å². The maximum atomic E-state index is 5.88. The molecule has 3 aromatic rings. The van der Waals surface area contributed by atoms with Gasteiger partial charge in [-0.2, -0.15) is 0 Å². The molecule has 0 unspecified atom stereocenters. The average molecular weight is 279 g/mol. The number of nitrogens with two attached hydrogens (primary N) is 1. The van der Waals surface area contributed by atoms with Crippen LogP contribution in [0.4, 0.5) is 0 Å². The molecule has 1 heterocycles. The fourth-order valence-electron chi connectivity index (χ4n) is 2.72. The maximum Gasteiger partial charge on any atom is 0.123 e. The molecule has 0 saturated heterocycles. The average Bonchev–Trinajstić information content (AvgIpc) is 2.83. The van der Waals surface area contributed by atoms with E-state index in [0.717, 1.165) is 24.3 Å². The first kappa shape index (κ1) is 13.8. The highest BCUT2D eigenvalue weighted by Gasteiger charge is 2.10. The summed E-state index contributed by atoms with van der Waals surface area (Å²) < 4.78 is 2.26. The summed E-state index contributed by atoms with van der Waals surface area (Å²) in [6.07, 6.45) is 0.992. The number of fused-ring (bicyclic) bond motifs is 1. The van der Waals surface area contributed by atoms with Gasteiger partial charge >= 0.3 is 0 Å². The van der Waals surface area contributed by atoms with E-state index in [-0.39, 0.29) is 0 Å². The second-order valence-electron chi connectivity index (χ2n) is 5.54. The van der Waals surface area contributed by atoms with Crippen LogP contribution in [0.3, 0.4) is 0 Å². The highest BCUT2D eigenvalue weighted by Crippen LogP contribution is 2.21. The van der Waals surface area contributed by atoms with E-state index in [1.165, 1.54) is 22.2 Å². The van der Waals surface area contributed by atoms with Crippen LogP contribution in [-0.2, 0) is 19.5 Å². The van der Waals surface area contributed by atoms with Gasteiger partial charge in [0.1, 0.15) is 5.82 Å². The minimum atomic E-state index is 0.474. The maximum absolute atomic E-state index is 5.88. The first-order valence-electron chi connectivity index (χ1n) is 7.39. The Morgan fingerprint density at radius 1 is 1.05 bits per heavy atom. The van der Waals surface area contributed by atoms with Crippen LogP contribution < -0.4 is 5.73 Å². The van der Waals surface area contributed by atoms with Gasteiger partial charge in [0.25, 0.3) is 0 Å².